The van der Waals surface area contributed by atoms with Gasteiger partial charge in [0.15, 0.2) is 0 Å². The van der Waals surface area contributed by atoms with Crippen LogP contribution in [0, 0.1) is 0 Å². The zero-order valence-electron chi connectivity index (χ0n) is 20.8. The number of aliphatic hydroxyl groups is 1. The summed E-state index contributed by atoms with van der Waals surface area (Å²) in [6, 6.07) is -0.0876. The van der Waals surface area contributed by atoms with Gasteiger partial charge < -0.3 is 48.5 Å². The SMILES string of the molecule is CC(O)C(NC(=O)C(CCC(N)=O)NC(=O)C(N)CCC(N)=O)C(=O)NC(Cc1ccc(O)cc1)C(=O)O. The maximum absolute atomic E-state index is 12.9. The molecule has 0 aliphatic carbocycles. The number of aromatic hydroxyl groups is 1. The van der Waals surface area contributed by atoms with Crippen LogP contribution < -0.4 is 33.2 Å². The number of carbonyl (C=O) groups is 6. The molecule has 0 bridgehead atoms. The van der Waals surface area contributed by atoms with Gasteiger partial charge in [-0.1, -0.05) is 12.1 Å². The molecule has 38 heavy (non-hydrogen) atoms. The van der Waals surface area contributed by atoms with Crippen molar-refractivity contribution in [3.05, 3.63) is 29.8 Å². The molecule has 1 rings (SSSR count). The molecule has 1 aromatic carbocycles. The summed E-state index contributed by atoms with van der Waals surface area (Å²) >= 11 is 0. The van der Waals surface area contributed by atoms with Crippen LogP contribution in [0.3, 0.4) is 0 Å². The molecule has 0 saturated heterocycles. The van der Waals surface area contributed by atoms with Crippen molar-refractivity contribution < 1.29 is 44.1 Å². The summed E-state index contributed by atoms with van der Waals surface area (Å²) in [5.41, 5.74) is 16.4. The fourth-order valence-corrected chi connectivity index (χ4v) is 3.25. The van der Waals surface area contributed by atoms with Crippen molar-refractivity contribution in [2.75, 3.05) is 0 Å². The van der Waals surface area contributed by atoms with Gasteiger partial charge in [-0.25, -0.2) is 4.79 Å². The maximum Gasteiger partial charge on any atom is 0.326 e. The molecule has 5 atom stereocenters. The van der Waals surface area contributed by atoms with E-state index in [-0.39, 0.29) is 37.9 Å². The molecular weight excluding hydrogens is 504 g/mol. The Morgan fingerprint density at radius 3 is 1.84 bits per heavy atom. The van der Waals surface area contributed by atoms with Crippen molar-refractivity contribution in [2.24, 2.45) is 17.2 Å². The Morgan fingerprint density at radius 2 is 1.34 bits per heavy atom. The van der Waals surface area contributed by atoms with Gasteiger partial charge in [-0.05, 0) is 37.5 Å². The average molecular weight is 539 g/mol. The second-order valence-electron chi connectivity index (χ2n) is 8.67. The zero-order chi connectivity index (χ0) is 29.0. The first-order valence-corrected chi connectivity index (χ1v) is 11.6. The van der Waals surface area contributed by atoms with Crippen molar-refractivity contribution in [3.8, 4) is 5.75 Å². The van der Waals surface area contributed by atoms with Crippen LogP contribution in [0.25, 0.3) is 0 Å². The molecule has 0 saturated carbocycles. The summed E-state index contributed by atoms with van der Waals surface area (Å²) in [4.78, 5) is 72.0. The minimum atomic E-state index is -1.64. The third-order valence-corrected chi connectivity index (χ3v) is 5.40. The monoisotopic (exact) mass is 538 g/mol. The second kappa shape index (κ2) is 15.1. The van der Waals surface area contributed by atoms with E-state index in [0.717, 1.165) is 0 Å². The number of carboxylic acids is 1. The topological polar surface area (TPSA) is 277 Å². The van der Waals surface area contributed by atoms with Crippen LogP contribution in [-0.2, 0) is 35.2 Å². The number of carboxylic acid groups (broad SMARTS) is 1. The molecule has 5 amide bonds. The predicted molar refractivity (Wildman–Crippen MR) is 132 cm³/mol. The number of carbonyl (C=O) groups excluding carboxylic acids is 5. The van der Waals surface area contributed by atoms with E-state index in [0.29, 0.717) is 5.56 Å². The largest absolute Gasteiger partial charge is 0.508 e. The minimum absolute atomic E-state index is 0.0339. The van der Waals surface area contributed by atoms with E-state index in [2.05, 4.69) is 16.0 Å². The summed E-state index contributed by atoms with van der Waals surface area (Å²) in [6.45, 7) is 1.18. The first-order valence-electron chi connectivity index (χ1n) is 11.6. The van der Waals surface area contributed by atoms with Gasteiger partial charge in [-0.2, -0.15) is 0 Å². The molecule has 5 unspecified atom stereocenters. The number of hydrogen-bond acceptors (Lipinski definition) is 9. The Balaban J connectivity index is 2.98. The molecule has 0 radical (unpaired) electrons. The van der Waals surface area contributed by atoms with E-state index in [1.165, 1.54) is 31.2 Å². The highest BCUT2D eigenvalue weighted by Gasteiger charge is 2.33. The molecule has 0 aliphatic heterocycles. The third kappa shape index (κ3) is 11.2. The maximum atomic E-state index is 12.9. The Kier molecular flexibility index (Phi) is 12.6. The zero-order valence-corrected chi connectivity index (χ0v) is 20.8. The number of phenolic OH excluding ortho intramolecular Hbond substituents is 1. The van der Waals surface area contributed by atoms with Crippen LogP contribution in [0.1, 0.15) is 38.2 Å². The number of benzene rings is 1. The number of hydrogen-bond donors (Lipinski definition) is 9. The molecule has 12 N–H and O–H groups in total. The lowest BCUT2D eigenvalue weighted by molar-refractivity contribution is -0.143. The normalized spacial score (nSPS) is 14.7. The molecule has 15 nitrogen and oxygen atoms in total. The number of aliphatic hydroxyl groups excluding tert-OH is 1. The van der Waals surface area contributed by atoms with Crippen molar-refractivity contribution in [1.82, 2.24) is 16.0 Å². The van der Waals surface area contributed by atoms with E-state index < -0.39 is 65.8 Å². The van der Waals surface area contributed by atoms with E-state index in [1.807, 2.05) is 0 Å². The summed E-state index contributed by atoms with van der Waals surface area (Å²) in [6.07, 6.45) is -2.56. The number of rotatable bonds is 16. The Morgan fingerprint density at radius 1 is 0.816 bits per heavy atom. The average Bonchev–Trinajstić information content (AvgIpc) is 2.83. The smallest absolute Gasteiger partial charge is 0.326 e. The highest BCUT2D eigenvalue weighted by Crippen LogP contribution is 2.12. The molecule has 0 fully saturated rings. The van der Waals surface area contributed by atoms with E-state index >= 15 is 0 Å². The molecule has 0 spiro atoms. The van der Waals surface area contributed by atoms with Crippen LogP contribution >= 0.6 is 0 Å². The summed E-state index contributed by atoms with van der Waals surface area (Å²) in [7, 11) is 0. The van der Waals surface area contributed by atoms with Crippen LogP contribution in [0.5, 0.6) is 5.75 Å². The Hall–Kier alpha value is -4.24. The first kappa shape index (κ1) is 31.8. The molecule has 0 aromatic heterocycles. The fraction of sp³-hybridized carbons (Fsp3) is 0.478. The molecule has 0 heterocycles. The van der Waals surface area contributed by atoms with Gasteiger partial charge in [0, 0.05) is 19.3 Å². The van der Waals surface area contributed by atoms with Gasteiger partial charge in [0.25, 0.3) is 0 Å². The van der Waals surface area contributed by atoms with Crippen LogP contribution in [0.15, 0.2) is 24.3 Å². The van der Waals surface area contributed by atoms with E-state index in [9.17, 15) is 44.1 Å². The number of primary amides is 2. The minimum Gasteiger partial charge on any atom is -0.508 e. The van der Waals surface area contributed by atoms with Crippen LogP contribution in [0.2, 0.25) is 0 Å². The van der Waals surface area contributed by atoms with Gasteiger partial charge in [0.2, 0.25) is 29.5 Å². The molecule has 15 heteroatoms. The molecule has 0 aliphatic rings. The number of aliphatic carboxylic acids is 1. The van der Waals surface area contributed by atoms with E-state index in [4.69, 9.17) is 17.2 Å². The predicted octanol–water partition coefficient (Wildman–Crippen LogP) is -3.29. The highest BCUT2D eigenvalue weighted by atomic mass is 16.4. The van der Waals surface area contributed by atoms with Gasteiger partial charge in [0.05, 0.1) is 12.1 Å². The summed E-state index contributed by atoms with van der Waals surface area (Å²) in [5, 5.41) is 35.8. The summed E-state index contributed by atoms with van der Waals surface area (Å²) in [5.74, 6) is -5.74. The fourth-order valence-electron chi connectivity index (χ4n) is 3.25. The highest BCUT2D eigenvalue weighted by molar-refractivity contribution is 5.94. The van der Waals surface area contributed by atoms with Gasteiger partial charge in [-0.15, -0.1) is 0 Å². The van der Waals surface area contributed by atoms with Crippen molar-refractivity contribution >= 4 is 35.5 Å². The molecule has 210 valence electrons. The van der Waals surface area contributed by atoms with Crippen LogP contribution in [0.4, 0.5) is 0 Å². The van der Waals surface area contributed by atoms with Gasteiger partial charge >= 0.3 is 5.97 Å². The summed E-state index contributed by atoms with van der Waals surface area (Å²) < 4.78 is 0. The Labute approximate surface area is 218 Å². The first-order chi connectivity index (χ1) is 17.7. The molecule has 1 aromatic rings. The third-order valence-electron chi connectivity index (χ3n) is 5.40. The second-order valence-corrected chi connectivity index (χ2v) is 8.67. The number of phenols is 1. The van der Waals surface area contributed by atoms with Gasteiger partial charge in [0.1, 0.15) is 23.9 Å². The Bertz CT molecular complexity index is 1020. The van der Waals surface area contributed by atoms with Gasteiger partial charge in [-0.3, -0.25) is 24.0 Å². The standard InChI is InChI=1S/C23H34N6O9/c1-11(30)19(22(36)28-16(23(37)38)10-12-2-4-13(31)5-3-12)29-21(35)15(7-9-18(26)33)27-20(34)14(24)6-8-17(25)32/h2-5,11,14-16,19,30-31H,6-10,24H2,1H3,(H2,25,32)(H2,26,33)(H,27,34)(H,28,36)(H,29,35)(H,37,38). The number of nitrogens with two attached hydrogens (primary N) is 3. The quantitative estimate of drug-likeness (QED) is 0.101. The number of amides is 5. The van der Waals surface area contributed by atoms with Crippen molar-refractivity contribution in [3.63, 3.8) is 0 Å². The van der Waals surface area contributed by atoms with Crippen molar-refractivity contribution in [1.29, 1.82) is 0 Å². The van der Waals surface area contributed by atoms with Crippen molar-refractivity contribution in [2.45, 2.75) is 69.3 Å². The molecular formula is C23H34N6O9. The lowest BCUT2D eigenvalue weighted by Gasteiger charge is -2.26. The lowest BCUT2D eigenvalue weighted by atomic mass is 10.0. The van der Waals surface area contributed by atoms with E-state index in [1.54, 1.807) is 0 Å². The van der Waals surface area contributed by atoms with Crippen LogP contribution in [-0.4, -0.2) is 81.1 Å². The lowest BCUT2D eigenvalue weighted by Crippen LogP contribution is -2.60. The number of nitrogens with one attached hydrogen (secondary N) is 3.